The molecule has 3 aromatic rings. The van der Waals surface area contributed by atoms with E-state index in [1.54, 1.807) is 36.4 Å². The van der Waals surface area contributed by atoms with Crippen LogP contribution >= 0.6 is 0 Å². The van der Waals surface area contributed by atoms with Gasteiger partial charge in [-0.05, 0) is 53.8 Å². The standard InChI is InChI=1S/C25H24FNO4S/c26-22-12-8-20(9-13-22)21-10-14-23(15-11-21)27(32(29)30)25(16-4-5-17-25)24(28)31-18-19-6-2-1-3-7-19/h1-3,6-15H,4-5,16-18H2,(H,29,30). The number of benzene rings is 3. The van der Waals surface area contributed by atoms with Crippen LogP contribution in [0.5, 0.6) is 0 Å². The number of hydrogen-bond acceptors (Lipinski definition) is 3. The molecular formula is C25H24FNO4S. The molecule has 32 heavy (non-hydrogen) atoms. The highest BCUT2D eigenvalue weighted by atomic mass is 32.2. The van der Waals surface area contributed by atoms with E-state index in [0.29, 0.717) is 18.5 Å². The van der Waals surface area contributed by atoms with Crippen molar-refractivity contribution in [3.8, 4) is 11.1 Å². The maximum absolute atomic E-state index is 13.2. The molecular weight excluding hydrogens is 429 g/mol. The van der Waals surface area contributed by atoms with Gasteiger partial charge in [-0.1, -0.05) is 67.4 Å². The van der Waals surface area contributed by atoms with Crippen LogP contribution in [0.25, 0.3) is 11.1 Å². The van der Waals surface area contributed by atoms with Gasteiger partial charge < -0.3 is 4.74 Å². The molecule has 1 aliphatic carbocycles. The Morgan fingerprint density at radius 2 is 1.50 bits per heavy atom. The second-order valence-electron chi connectivity index (χ2n) is 7.88. The van der Waals surface area contributed by atoms with E-state index in [9.17, 15) is 17.9 Å². The first kappa shape index (κ1) is 22.2. The Hall–Kier alpha value is -3.03. The van der Waals surface area contributed by atoms with Gasteiger partial charge in [-0.25, -0.2) is 13.4 Å². The van der Waals surface area contributed by atoms with Gasteiger partial charge in [-0.15, -0.1) is 0 Å². The fraction of sp³-hybridized carbons (Fsp3) is 0.240. The molecule has 166 valence electrons. The maximum atomic E-state index is 13.2. The van der Waals surface area contributed by atoms with Crippen molar-refractivity contribution in [2.24, 2.45) is 0 Å². The molecule has 7 heteroatoms. The number of anilines is 1. The quantitative estimate of drug-likeness (QED) is 0.379. The smallest absolute Gasteiger partial charge is 0.333 e. The molecule has 1 aliphatic rings. The van der Waals surface area contributed by atoms with E-state index in [1.165, 1.54) is 16.4 Å². The number of carbonyl (C=O) groups is 1. The van der Waals surface area contributed by atoms with Crippen LogP contribution in [-0.4, -0.2) is 20.3 Å². The lowest BCUT2D eigenvalue weighted by Gasteiger charge is -2.37. The number of halogens is 1. The van der Waals surface area contributed by atoms with Gasteiger partial charge in [0, 0.05) is 0 Å². The van der Waals surface area contributed by atoms with Crippen molar-refractivity contribution in [3.63, 3.8) is 0 Å². The maximum Gasteiger partial charge on any atom is 0.333 e. The summed E-state index contributed by atoms with van der Waals surface area (Å²) in [5.74, 6) is -0.812. The van der Waals surface area contributed by atoms with Gasteiger partial charge >= 0.3 is 5.97 Å². The summed E-state index contributed by atoms with van der Waals surface area (Å²) in [6.07, 6.45) is 2.41. The fourth-order valence-corrected chi connectivity index (χ4v) is 5.08. The van der Waals surface area contributed by atoms with Gasteiger partial charge in [0.2, 0.25) is 0 Å². The number of nitrogens with zero attached hydrogens (tertiary/aromatic N) is 1. The third-order valence-electron chi connectivity index (χ3n) is 5.85. The summed E-state index contributed by atoms with van der Waals surface area (Å²) in [5, 5.41) is 0. The van der Waals surface area contributed by atoms with Gasteiger partial charge in [0.1, 0.15) is 12.4 Å². The summed E-state index contributed by atoms with van der Waals surface area (Å²) in [6, 6.07) is 22.5. The average molecular weight is 454 g/mol. The van der Waals surface area contributed by atoms with E-state index >= 15 is 0 Å². The van der Waals surface area contributed by atoms with Gasteiger partial charge in [-0.2, -0.15) is 0 Å². The summed E-state index contributed by atoms with van der Waals surface area (Å²) in [5.41, 5.74) is 1.77. The van der Waals surface area contributed by atoms with Crippen molar-refractivity contribution >= 4 is 22.9 Å². The molecule has 1 fully saturated rings. The van der Waals surface area contributed by atoms with Crippen molar-refractivity contribution in [2.75, 3.05) is 4.31 Å². The lowest BCUT2D eigenvalue weighted by atomic mass is 9.96. The Morgan fingerprint density at radius 3 is 2.06 bits per heavy atom. The van der Waals surface area contributed by atoms with Crippen molar-refractivity contribution in [1.82, 2.24) is 0 Å². The minimum atomic E-state index is -2.42. The topological polar surface area (TPSA) is 66.8 Å². The zero-order chi connectivity index (χ0) is 22.6. The van der Waals surface area contributed by atoms with Crippen LogP contribution in [0.2, 0.25) is 0 Å². The summed E-state index contributed by atoms with van der Waals surface area (Å²) < 4.78 is 42.7. The van der Waals surface area contributed by atoms with Gasteiger partial charge in [0.25, 0.3) is 11.3 Å². The fourth-order valence-electron chi connectivity index (χ4n) is 4.23. The number of carbonyl (C=O) groups excluding carboxylic acids is 1. The van der Waals surface area contributed by atoms with Crippen molar-refractivity contribution in [2.45, 2.75) is 37.8 Å². The van der Waals surface area contributed by atoms with Crippen LogP contribution in [0.4, 0.5) is 10.1 Å². The van der Waals surface area contributed by atoms with Gasteiger partial charge in [0.15, 0.2) is 5.54 Å². The Morgan fingerprint density at radius 1 is 0.938 bits per heavy atom. The van der Waals surface area contributed by atoms with E-state index < -0.39 is 22.8 Å². The lowest BCUT2D eigenvalue weighted by molar-refractivity contribution is -0.151. The minimum Gasteiger partial charge on any atom is -0.459 e. The minimum absolute atomic E-state index is 0.108. The average Bonchev–Trinajstić information content (AvgIpc) is 3.30. The summed E-state index contributed by atoms with van der Waals surface area (Å²) in [6.45, 7) is 0.108. The van der Waals surface area contributed by atoms with Crippen LogP contribution in [0.1, 0.15) is 31.2 Å². The monoisotopic (exact) mass is 453 g/mol. The zero-order valence-corrected chi connectivity index (χ0v) is 18.3. The molecule has 0 bridgehead atoms. The Balaban J connectivity index is 1.60. The molecule has 0 amide bonds. The number of rotatable bonds is 7. The molecule has 0 radical (unpaired) electrons. The SMILES string of the molecule is O=C(OCc1ccccc1)C1(N(c2ccc(-c3ccc(F)cc3)cc2)S(=O)O)CCCC1. The first-order valence-electron chi connectivity index (χ1n) is 10.5. The number of ether oxygens (including phenoxy) is 1. The molecule has 0 aromatic heterocycles. The van der Waals surface area contributed by atoms with Crippen molar-refractivity contribution in [1.29, 1.82) is 0 Å². The molecule has 0 saturated heterocycles. The predicted molar refractivity (Wildman–Crippen MR) is 123 cm³/mol. The highest BCUT2D eigenvalue weighted by molar-refractivity contribution is 7.80. The normalized spacial score (nSPS) is 15.8. The molecule has 1 unspecified atom stereocenters. The van der Waals surface area contributed by atoms with E-state index in [1.807, 2.05) is 30.3 Å². The van der Waals surface area contributed by atoms with Crippen LogP contribution < -0.4 is 4.31 Å². The molecule has 3 aromatic carbocycles. The van der Waals surface area contributed by atoms with Crippen LogP contribution in [0, 0.1) is 5.82 Å². The third-order valence-corrected chi connectivity index (χ3v) is 6.72. The molecule has 0 aliphatic heterocycles. The Bertz CT molecular complexity index is 1080. The van der Waals surface area contributed by atoms with Gasteiger partial charge in [-0.3, -0.25) is 8.86 Å². The predicted octanol–water partition coefficient (Wildman–Crippen LogP) is 5.49. The first-order chi connectivity index (χ1) is 15.5. The highest BCUT2D eigenvalue weighted by Crippen LogP contribution is 2.41. The molecule has 1 N–H and O–H groups in total. The van der Waals surface area contributed by atoms with Gasteiger partial charge in [0.05, 0.1) is 5.69 Å². The molecule has 1 atom stereocenters. The van der Waals surface area contributed by atoms with E-state index in [2.05, 4.69) is 0 Å². The summed E-state index contributed by atoms with van der Waals surface area (Å²) in [7, 11) is 0. The van der Waals surface area contributed by atoms with Crippen LogP contribution in [-0.2, 0) is 27.4 Å². The highest BCUT2D eigenvalue weighted by Gasteiger charge is 2.50. The zero-order valence-electron chi connectivity index (χ0n) is 17.4. The number of hydrogen-bond donors (Lipinski definition) is 1. The Kier molecular flexibility index (Phi) is 6.67. The van der Waals surface area contributed by atoms with Crippen LogP contribution in [0.15, 0.2) is 78.9 Å². The van der Waals surface area contributed by atoms with Crippen molar-refractivity contribution in [3.05, 3.63) is 90.2 Å². The molecule has 0 heterocycles. The van der Waals surface area contributed by atoms with Crippen LogP contribution in [0.3, 0.4) is 0 Å². The second kappa shape index (κ2) is 9.63. The van der Waals surface area contributed by atoms with E-state index in [0.717, 1.165) is 29.5 Å². The number of esters is 1. The molecule has 1 saturated carbocycles. The largest absolute Gasteiger partial charge is 0.459 e. The second-order valence-corrected chi connectivity index (χ2v) is 8.71. The first-order valence-corrected chi connectivity index (χ1v) is 11.5. The summed E-state index contributed by atoms with van der Waals surface area (Å²) in [4.78, 5) is 13.2. The summed E-state index contributed by atoms with van der Waals surface area (Å²) >= 11 is -2.42. The molecule has 0 spiro atoms. The van der Waals surface area contributed by atoms with E-state index in [4.69, 9.17) is 4.74 Å². The Labute approximate surface area is 189 Å². The lowest BCUT2D eigenvalue weighted by Crippen LogP contribution is -2.54. The van der Waals surface area contributed by atoms with Crippen molar-refractivity contribution < 1.29 is 22.7 Å². The third kappa shape index (κ3) is 4.59. The van der Waals surface area contributed by atoms with E-state index in [-0.39, 0.29) is 12.4 Å². The molecule has 5 nitrogen and oxygen atoms in total. The molecule has 4 rings (SSSR count).